The zero-order chi connectivity index (χ0) is 20.5. The number of hydrogen-bond acceptors (Lipinski definition) is 5. The van der Waals surface area contributed by atoms with E-state index in [9.17, 15) is 14.7 Å². The zero-order valence-electron chi connectivity index (χ0n) is 16.0. The summed E-state index contributed by atoms with van der Waals surface area (Å²) < 4.78 is 5.46. The van der Waals surface area contributed by atoms with Crippen LogP contribution in [0.5, 0.6) is 5.75 Å². The van der Waals surface area contributed by atoms with E-state index in [4.69, 9.17) is 9.84 Å². The summed E-state index contributed by atoms with van der Waals surface area (Å²) in [5.74, 6) is -0.764. The molecule has 4 rings (SSSR count). The molecule has 29 heavy (non-hydrogen) atoms. The summed E-state index contributed by atoms with van der Waals surface area (Å²) in [7, 11) is 1.57. The Bertz CT molecular complexity index is 1040. The number of ether oxygens (including phenoxy) is 1. The topological polar surface area (TPSA) is 87.1 Å². The molecule has 0 saturated heterocycles. The lowest BCUT2D eigenvalue weighted by Gasteiger charge is -2.37. The highest BCUT2D eigenvalue weighted by Crippen LogP contribution is 2.45. The van der Waals surface area contributed by atoms with E-state index in [1.54, 1.807) is 30.2 Å². The van der Waals surface area contributed by atoms with Crippen LogP contribution in [-0.2, 0) is 4.79 Å². The molecule has 1 aliphatic heterocycles. The average Bonchev–Trinajstić information content (AvgIpc) is 2.73. The lowest BCUT2D eigenvalue weighted by molar-refractivity contribution is -0.116. The standard InChI is InChI=1S/C23H21NO5/c1-29-20-8-3-2-5-17(20)24-18-6-4-7-19(25)22(18)16(13-21(24)26)14-9-11-15(12-10-14)23(27)28/h2-3,5,8-13,16,26H,4,6-7H2,1H3,(H,27,28). The Morgan fingerprint density at radius 3 is 2.52 bits per heavy atom. The summed E-state index contributed by atoms with van der Waals surface area (Å²) in [6.07, 6.45) is 3.46. The highest BCUT2D eigenvalue weighted by Gasteiger charge is 2.37. The van der Waals surface area contributed by atoms with E-state index < -0.39 is 11.9 Å². The number of carbonyl (C=O) groups excluding carboxylic acids is 1. The van der Waals surface area contributed by atoms with Crippen molar-refractivity contribution in [3.8, 4) is 5.75 Å². The Hall–Kier alpha value is -3.54. The van der Waals surface area contributed by atoms with Gasteiger partial charge in [0.15, 0.2) is 11.7 Å². The molecule has 6 nitrogen and oxygen atoms in total. The third-order valence-corrected chi connectivity index (χ3v) is 5.40. The molecule has 0 bridgehead atoms. The molecule has 148 valence electrons. The summed E-state index contributed by atoms with van der Waals surface area (Å²) in [6.45, 7) is 0. The zero-order valence-corrected chi connectivity index (χ0v) is 16.0. The summed E-state index contributed by atoms with van der Waals surface area (Å²) in [5, 5.41) is 20.1. The number of benzene rings is 2. The van der Waals surface area contributed by atoms with Crippen molar-refractivity contribution in [2.24, 2.45) is 0 Å². The first-order valence-electron chi connectivity index (χ1n) is 9.44. The van der Waals surface area contributed by atoms with Crippen LogP contribution in [-0.4, -0.2) is 29.1 Å². The largest absolute Gasteiger partial charge is 0.495 e. The smallest absolute Gasteiger partial charge is 0.335 e. The molecule has 2 aromatic carbocycles. The summed E-state index contributed by atoms with van der Waals surface area (Å²) in [5.41, 5.74) is 3.02. The van der Waals surface area contributed by atoms with Crippen LogP contribution in [0.2, 0.25) is 0 Å². The van der Waals surface area contributed by atoms with E-state index in [-0.39, 0.29) is 17.2 Å². The van der Waals surface area contributed by atoms with Gasteiger partial charge >= 0.3 is 5.97 Å². The van der Waals surface area contributed by atoms with Gasteiger partial charge in [0.05, 0.1) is 18.4 Å². The molecule has 0 fully saturated rings. The molecule has 6 heteroatoms. The molecular weight excluding hydrogens is 370 g/mol. The van der Waals surface area contributed by atoms with Gasteiger partial charge < -0.3 is 14.9 Å². The van der Waals surface area contributed by atoms with Crippen LogP contribution in [0, 0.1) is 0 Å². The van der Waals surface area contributed by atoms with E-state index in [2.05, 4.69) is 0 Å². The third kappa shape index (κ3) is 3.27. The molecular formula is C23H21NO5. The first-order valence-corrected chi connectivity index (χ1v) is 9.44. The Morgan fingerprint density at radius 1 is 1.10 bits per heavy atom. The van der Waals surface area contributed by atoms with Gasteiger partial charge in [-0.1, -0.05) is 24.3 Å². The predicted octanol–water partition coefficient (Wildman–Crippen LogP) is 4.40. The number of aliphatic hydroxyl groups is 1. The van der Waals surface area contributed by atoms with Gasteiger partial charge in [-0.05, 0) is 48.7 Å². The number of hydrogen-bond donors (Lipinski definition) is 2. The van der Waals surface area contributed by atoms with Crippen molar-refractivity contribution in [2.45, 2.75) is 25.2 Å². The van der Waals surface area contributed by atoms with Crippen molar-refractivity contribution in [1.29, 1.82) is 0 Å². The molecule has 0 radical (unpaired) electrons. The number of carboxylic acid groups (broad SMARTS) is 1. The van der Waals surface area contributed by atoms with Crippen molar-refractivity contribution in [3.05, 3.63) is 82.9 Å². The number of rotatable bonds is 4. The van der Waals surface area contributed by atoms with Crippen LogP contribution >= 0.6 is 0 Å². The summed E-state index contributed by atoms with van der Waals surface area (Å²) >= 11 is 0. The third-order valence-electron chi connectivity index (χ3n) is 5.40. The van der Waals surface area contributed by atoms with Crippen molar-refractivity contribution in [3.63, 3.8) is 0 Å². The number of ketones is 1. The van der Waals surface area contributed by atoms with E-state index in [1.165, 1.54) is 12.1 Å². The molecule has 1 atom stereocenters. The van der Waals surface area contributed by atoms with Crippen molar-refractivity contribution >= 4 is 17.4 Å². The fourth-order valence-corrected chi connectivity index (χ4v) is 4.06. The summed E-state index contributed by atoms with van der Waals surface area (Å²) in [4.78, 5) is 25.7. The summed E-state index contributed by atoms with van der Waals surface area (Å²) in [6, 6.07) is 13.8. The number of Topliss-reactive ketones (excluding diaryl/α,β-unsaturated/α-hetero) is 1. The first-order chi connectivity index (χ1) is 14.0. The molecule has 0 spiro atoms. The Kier molecular flexibility index (Phi) is 4.84. The second kappa shape index (κ2) is 7.47. The number of aliphatic hydroxyl groups excluding tert-OH is 1. The molecule has 0 amide bonds. The van der Waals surface area contributed by atoms with E-state index in [0.717, 1.165) is 11.3 Å². The van der Waals surface area contributed by atoms with Gasteiger partial charge in [-0.15, -0.1) is 0 Å². The van der Waals surface area contributed by atoms with Crippen molar-refractivity contribution in [1.82, 2.24) is 0 Å². The molecule has 1 aliphatic carbocycles. The lowest BCUT2D eigenvalue weighted by Crippen LogP contribution is -2.33. The average molecular weight is 391 g/mol. The van der Waals surface area contributed by atoms with Crippen LogP contribution in [0.15, 0.2) is 71.8 Å². The number of anilines is 1. The van der Waals surface area contributed by atoms with E-state index in [1.807, 2.05) is 24.3 Å². The number of nitrogens with zero attached hydrogens (tertiary/aromatic N) is 1. The van der Waals surface area contributed by atoms with Gasteiger partial charge in [-0.25, -0.2) is 4.79 Å². The number of aromatic carboxylic acids is 1. The van der Waals surface area contributed by atoms with Crippen LogP contribution in [0.4, 0.5) is 5.69 Å². The number of carbonyl (C=O) groups is 2. The second-order valence-corrected chi connectivity index (χ2v) is 7.07. The Morgan fingerprint density at radius 2 is 1.83 bits per heavy atom. The minimum Gasteiger partial charge on any atom is -0.495 e. The van der Waals surface area contributed by atoms with Gasteiger partial charge in [0.1, 0.15) is 5.75 Å². The number of allylic oxidation sites excluding steroid dienone is 3. The highest BCUT2D eigenvalue weighted by atomic mass is 16.5. The minimum absolute atomic E-state index is 0.0234. The minimum atomic E-state index is -1.01. The van der Waals surface area contributed by atoms with Gasteiger partial charge in [0, 0.05) is 23.6 Å². The van der Waals surface area contributed by atoms with Gasteiger partial charge in [-0.3, -0.25) is 9.69 Å². The van der Waals surface area contributed by atoms with E-state index in [0.29, 0.717) is 36.3 Å². The van der Waals surface area contributed by atoms with Crippen LogP contribution in [0.25, 0.3) is 0 Å². The molecule has 1 heterocycles. The fraction of sp³-hybridized carbons (Fsp3) is 0.217. The normalized spacial score (nSPS) is 18.9. The first kappa shape index (κ1) is 18.8. The van der Waals surface area contributed by atoms with Gasteiger partial charge in [0.25, 0.3) is 0 Å². The van der Waals surface area contributed by atoms with Crippen LogP contribution in [0.1, 0.15) is 41.1 Å². The fourth-order valence-electron chi connectivity index (χ4n) is 4.06. The van der Waals surface area contributed by atoms with Gasteiger partial charge in [0.2, 0.25) is 0 Å². The van der Waals surface area contributed by atoms with Crippen molar-refractivity contribution in [2.75, 3.05) is 12.0 Å². The number of methoxy groups -OCH3 is 1. The second-order valence-electron chi connectivity index (χ2n) is 7.07. The van der Waals surface area contributed by atoms with Crippen molar-refractivity contribution < 1.29 is 24.5 Å². The SMILES string of the molecule is COc1ccccc1N1C(O)=CC(c2ccc(C(=O)O)cc2)C2=C1CCCC2=O. The maximum atomic E-state index is 12.9. The lowest BCUT2D eigenvalue weighted by atomic mass is 9.79. The monoisotopic (exact) mass is 391 g/mol. The maximum Gasteiger partial charge on any atom is 0.335 e. The van der Waals surface area contributed by atoms with Gasteiger partial charge in [-0.2, -0.15) is 0 Å². The maximum absolute atomic E-state index is 12.9. The number of para-hydroxylation sites is 2. The Labute approximate surface area is 168 Å². The molecule has 2 aromatic rings. The van der Waals surface area contributed by atoms with Crippen LogP contribution < -0.4 is 9.64 Å². The Balaban J connectivity index is 1.84. The quantitative estimate of drug-likeness (QED) is 0.803. The molecule has 2 N–H and O–H groups in total. The highest BCUT2D eigenvalue weighted by molar-refractivity contribution is 6.00. The molecule has 2 aliphatic rings. The predicted molar refractivity (Wildman–Crippen MR) is 108 cm³/mol. The molecule has 0 aromatic heterocycles. The number of carboxylic acids is 1. The van der Waals surface area contributed by atoms with E-state index >= 15 is 0 Å². The van der Waals surface area contributed by atoms with Crippen LogP contribution in [0.3, 0.4) is 0 Å². The molecule has 0 saturated carbocycles. The molecule has 1 unspecified atom stereocenters.